The summed E-state index contributed by atoms with van der Waals surface area (Å²) in [5, 5.41) is 14.1. The van der Waals surface area contributed by atoms with E-state index in [9.17, 15) is 4.79 Å². The zero-order chi connectivity index (χ0) is 13.5. The van der Waals surface area contributed by atoms with Crippen molar-refractivity contribution in [1.82, 2.24) is 10.2 Å². The maximum atomic E-state index is 11.9. The van der Waals surface area contributed by atoms with Crippen molar-refractivity contribution in [1.29, 1.82) is 0 Å². The van der Waals surface area contributed by atoms with Crippen LogP contribution in [0.3, 0.4) is 0 Å². The van der Waals surface area contributed by atoms with Gasteiger partial charge in [-0.25, -0.2) is 0 Å². The van der Waals surface area contributed by atoms with E-state index in [0.717, 1.165) is 25.8 Å². The van der Waals surface area contributed by atoms with E-state index in [1.165, 1.54) is 11.3 Å². The van der Waals surface area contributed by atoms with Gasteiger partial charge in [0.2, 0.25) is 5.91 Å². The highest BCUT2D eigenvalue weighted by molar-refractivity contribution is 7.09. The summed E-state index contributed by atoms with van der Waals surface area (Å²) < 4.78 is 0. The van der Waals surface area contributed by atoms with E-state index in [2.05, 4.69) is 10.2 Å². The number of amides is 1. The number of carbonyl (C=O) groups excluding carboxylic acids is 1. The second-order valence-electron chi connectivity index (χ2n) is 4.99. The number of aliphatic hydroxyl groups is 1. The maximum absolute atomic E-state index is 11.9. The normalized spacial score (nSPS) is 20.4. The molecule has 2 rings (SSSR count). The van der Waals surface area contributed by atoms with Crippen molar-refractivity contribution in [2.24, 2.45) is 0 Å². The highest BCUT2D eigenvalue weighted by Crippen LogP contribution is 2.18. The maximum Gasteiger partial charge on any atom is 0.234 e. The predicted molar refractivity (Wildman–Crippen MR) is 77.1 cm³/mol. The molecule has 1 aromatic heterocycles. The first kappa shape index (κ1) is 14.5. The van der Waals surface area contributed by atoms with Gasteiger partial charge < -0.3 is 10.4 Å². The SMILES string of the molecule is O=C(CN1CCCCC1CCO)NCc1cccs1. The standard InChI is InChI=1S/C14H22N2O2S/c17-8-6-12-4-1-2-7-16(12)11-14(18)15-10-13-5-3-9-19-13/h3,5,9,12,17H,1-2,4,6-8,10-11H2,(H,15,18). The van der Waals surface area contributed by atoms with Gasteiger partial charge in [-0.3, -0.25) is 9.69 Å². The lowest BCUT2D eigenvalue weighted by atomic mass is 10.00. The summed E-state index contributed by atoms with van der Waals surface area (Å²) in [4.78, 5) is 15.3. The molecule has 0 spiro atoms. The van der Waals surface area contributed by atoms with Crippen molar-refractivity contribution in [3.8, 4) is 0 Å². The molecular weight excluding hydrogens is 260 g/mol. The molecule has 0 saturated carbocycles. The Kier molecular flexibility index (Phi) is 5.82. The molecule has 19 heavy (non-hydrogen) atoms. The quantitative estimate of drug-likeness (QED) is 0.833. The number of piperidine rings is 1. The number of carbonyl (C=O) groups is 1. The van der Waals surface area contributed by atoms with E-state index >= 15 is 0 Å². The molecule has 106 valence electrons. The Hall–Kier alpha value is -0.910. The van der Waals surface area contributed by atoms with Crippen LogP contribution in [-0.2, 0) is 11.3 Å². The fourth-order valence-corrected chi connectivity index (χ4v) is 3.23. The molecule has 1 amide bonds. The molecule has 0 aliphatic carbocycles. The highest BCUT2D eigenvalue weighted by atomic mass is 32.1. The van der Waals surface area contributed by atoms with Crippen LogP contribution in [0.5, 0.6) is 0 Å². The lowest BCUT2D eigenvalue weighted by Gasteiger charge is -2.34. The first-order valence-electron chi connectivity index (χ1n) is 6.93. The van der Waals surface area contributed by atoms with Gasteiger partial charge in [0.25, 0.3) is 0 Å². The van der Waals surface area contributed by atoms with E-state index < -0.39 is 0 Å². The second-order valence-corrected chi connectivity index (χ2v) is 6.02. The summed E-state index contributed by atoms with van der Waals surface area (Å²) in [6, 6.07) is 4.39. The van der Waals surface area contributed by atoms with Crippen molar-refractivity contribution in [2.75, 3.05) is 19.7 Å². The van der Waals surface area contributed by atoms with Crippen LogP contribution in [0.25, 0.3) is 0 Å². The van der Waals surface area contributed by atoms with E-state index in [4.69, 9.17) is 5.11 Å². The van der Waals surface area contributed by atoms with Gasteiger partial charge in [-0.1, -0.05) is 12.5 Å². The smallest absolute Gasteiger partial charge is 0.234 e. The van der Waals surface area contributed by atoms with Crippen LogP contribution in [0.4, 0.5) is 0 Å². The van der Waals surface area contributed by atoms with Crippen molar-refractivity contribution in [3.63, 3.8) is 0 Å². The third kappa shape index (κ3) is 4.60. The average molecular weight is 282 g/mol. The van der Waals surface area contributed by atoms with Gasteiger partial charge in [-0.05, 0) is 37.3 Å². The Morgan fingerprint density at radius 2 is 2.42 bits per heavy atom. The minimum absolute atomic E-state index is 0.0817. The van der Waals surface area contributed by atoms with Gasteiger partial charge >= 0.3 is 0 Å². The van der Waals surface area contributed by atoms with Crippen molar-refractivity contribution in [3.05, 3.63) is 22.4 Å². The lowest BCUT2D eigenvalue weighted by molar-refractivity contribution is -0.123. The zero-order valence-electron chi connectivity index (χ0n) is 11.2. The van der Waals surface area contributed by atoms with Gasteiger partial charge in [0.1, 0.15) is 0 Å². The molecule has 0 bridgehead atoms. The van der Waals surface area contributed by atoms with Crippen molar-refractivity contribution >= 4 is 17.2 Å². The Bertz CT molecular complexity index is 379. The number of hydrogen-bond donors (Lipinski definition) is 2. The van der Waals surface area contributed by atoms with Gasteiger partial charge in [-0.2, -0.15) is 0 Å². The molecule has 1 aromatic rings. The molecule has 1 aliphatic rings. The molecule has 1 aliphatic heterocycles. The minimum Gasteiger partial charge on any atom is -0.396 e. The van der Waals surface area contributed by atoms with Crippen molar-refractivity contribution in [2.45, 2.75) is 38.3 Å². The molecule has 4 nitrogen and oxygen atoms in total. The number of hydrogen-bond acceptors (Lipinski definition) is 4. The van der Waals surface area contributed by atoms with Crippen LogP contribution < -0.4 is 5.32 Å². The fraction of sp³-hybridized carbons (Fsp3) is 0.643. The third-order valence-corrected chi connectivity index (χ3v) is 4.47. The largest absolute Gasteiger partial charge is 0.396 e. The van der Waals surface area contributed by atoms with Gasteiger partial charge in [-0.15, -0.1) is 11.3 Å². The zero-order valence-corrected chi connectivity index (χ0v) is 12.0. The van der Waals surface area contributed by atoms with Crippen LogP contribution in [0.1, 0.15) is 30.6 Å². The number of nitrogens with zero attached hydrogens (tertiary/aromatic N) is 1. The molecule has 5 heteroatoms. The molecule has 1 unspecified atom stereocenters. The summed E-state index contributed by atoms with van der Waals surface area (Å²) in [6.07, 6.45) is 4.23. The van der Waals surface area contributed by atoms with E-state index in [1.807, 2.05) is 17.5 Å². The molecule has 1 atom stereocenters. The Morgan fingerprint density at radius 3 is 3.16 bits per heavy atom. The molecule has 0 radical (unpaired) electrons. The predicted octanol–water partition coefficient (Wildman–Crippen LogP) is 1.60. The van der Waals surface area contributed by atoms with Gasteiger partial charge in [0.05, 0.1) is 13.1 Å². The second kappa shape index (κ2) is 7.62. The Labute approximate surface area is 118 Å². The molecule has 1 fully saturated rings. The summed E-state index contributed by atoms with van der Waals surface area (Å²) in [5.74, 6) is 0.0817. The summed E-state index contributed by atoms with van der Waals surface area (Å²) in [5.41, 5.74) is 0. The number of nitrogens with one attached hydrogen (secondary N) is 1. The number of aliphatic hydroxyl groups excluding tert-OH is 1. The number of thiophene rings is 1. The highest BCUT2D eigenvalue weighted by Gasteiger charge is 2.23. The Balaban J connectivity index is 1.76. The summed E-state index contributed by atoms with van der Waals surface area (Å²) >= 11 is 1.66. The Morgan fingerprint density at radius 1 is 1.53 bits per heavy atom. The molecular formula is C14H22N2O2S. The first-order valence-corrected chi connectivity index (χ1v) is 7.81. The molecule has 0 aromatic carbocycles. The minimum atomic E-state index is 0.0817. The van der Waals surface area contributed by atoms with Crippen LogP contribution >= 0.6 is 11.3 Å². The van der Waals surface area contributed by atoms with Gasteiger partial charge in [0.15, 0.2) is 0 Å². The number of rotatable bonds is 6. The summed E-state index contributed by atoms with van der Waals surface area (Å²) in [7, 11) is 0. The average Bonchev–Trinajstić information content (AvgIpc) is 2.92. The number of likely N-dealkylation sites (tertiary alicyclic amines) is 1. The van der Waals surface area contributed by atoms with Gasteiger partial charge in [0, 0.05) is 17.5 Å². The topological polar surface area (TPSA) is 52.6 Å². The van der Waals surface area contributed by atoms with E-state index in [1.54, 1.807) is 11.3 Å². The molecule has 1 saturated heterocycles. The van der Waals surface area contributed by atoms with Crippen molar-refractivity contribution < 1.29 is 9.90 Å². The molecule has 2 heterocycles. The van der Waals surface area contributed by atoms with Crippen LogP contribution in [0.15, 0.2) is 17.5 Å². The van der Waals surface area contributed by atoms with Crippen LogP contribution in [0, 0.1) is 0 Å². The summed E-state index contributed by atoms with van der Waals surface area (Å²) in [6.45, 7) is 2.25. The first-order chi connectivity index (χ1) is 9.29. The van der Waals surface area contributed by atoms with Crippen LogP contribution in [0.2, 0.25) is 0 Å². The van der Waals surface area contributed by atoms with E-state index in [0.29, 0.717) is 19.1 Å². The monoisotopic (exact) mass is 282 g/mol. The lowest BCUT2D eigenvalue weighted by Crippen LogP contribution is -2.45. The fourth-order valence-electron chi connectivity index (χ4n) is 2.58. The van der Waals surface area contributed by atoms with Crippen LogP contribution in [-0.4, -0.2) is 41.7 Å². The molecule has 2 N–H and O–H groups in total. The third-order valence-electron chi connectivity index (χ3n) is 3.60. The van der Waals surface area contributed by atoms with E-state index in [-0.39, 0.29) is 12.5 Å².